The van der Waals surface area contributed by atoms with Crippen molar-refractivity contribution < 1.29 is 9.59 Å². The summed E-state index contributed by atoms with van der Waals surface area (Å²) in [4.78, 5) is 27.0. The van der Waals surface area contributed by atoms with Crippen molar-refractivity contribution >= 4 is 51.3 Å². The van der Waals surface area contributed by atoms with Crippen LogP contribution < -0.4 is 15.5 Å². The summed E-state index contributed by atoms with van der Waals surface area (Å²) in [6.45, 7) is 8.96. The molecule has 0 aromatic heterocycles. The van der Waals surface area contributed by atoms with Crippen LogP contribution in [0.25, 0.3) is 10.8 Å². The molecule has 31 heavy (non-hydrogen) atoms. The molecular weight excluding hydrogens is 406 g/mol. The SMILES string of the molecule is CCN1C(=O)c2cccc3c(NC(=S)NC(=O)c4ccc(C(C)(C)C)cc4)ccc1c23. The lowest BCUT2D eigenvalue weighted by Gasteiger charge is -2.19. The first-order chi connectivity index (χ1) is 14.7. The van der Waals surface area contributed by atoms with Gasteiger partial charge in [-0.1, -0.05) is 45.0 Å². The highest BCUT2D eigenvalue weighted by Crippen LogP contribution is 2.40. The standard InChI is InChI=1S/C25H25N3O2S/c1-5-28-20-14-13-19(17-7-6-8-18(21(17)20)23(28)30)26-24(31)27-22(29)15-9-11-16(12-10-15)25(2,3)4/h6-14H,5H2,1-4H3,(H2,26,27,29,31). The van der Waals surface area contributed by atoms with Crippen LogP contribution in [0.15, 0.2) is 54.6 Å². The predicted octanol–water partition coefficient (Wildman–Crippen LogP) is 5.24. The van der Waals surface area contributed by atoms with Gasteiger partial charge in [0.25, 0.3) is 11.8 Å². The van der Waals surface area contributed by atoms with Gasteiger partial charge in [-0.05, 0) is 60.5 Å². The molecule has 0 fully saturated rings. The topological polar surface area (TPSA) is 61.4 Å². The number of thiocarbonyl (C=S) groups is 1. The number of hydrogen-bond acceptors (Lipinski definition) is 3. The van der Waals surface area contributed by atoms with Crippen LogP contribution in [-0.2, 0) is 5.41 Å². The Bertz CT molecular complexity index is 1210. The third-order valence-electron chi connectivity index (χ3n) is 5.59. The second-order valence-electron chi connectivity index (χ2n) is 8.65. The number of nitrogens with one attached hydrogen (secondary N) is 2. The van der Waals surface area contributed by atoms with Gasteiger partial charge in [-0.2, -0.15) is 0 Å². The fourth-order valence-corrected chi connectivity index (χ4v) is 4.12. The summed E-state index contributed by atoms with van der Waals surface area (Å²) >= 11 is 5.39. The number of benzene rings is 3. The van der Waals surface area contributed by atoms with Gasteiger partial charge in [-0.15, -0.1) is 0 Å². The van der Waals surface area contributed by atoms with E-state index in [0.717, 1.165) is 27.7 Å². The van der Waals surface area contributed by atoms with Crippen molar-refractivity contribution in [1.29, 1.82) is 0 Å². The normalized spacial score (nSPS) is 12.9. The summed E-state index contributed by atoms with van der Waals surface area (Å²) in [7, 11) is 0. The van der Waals surface area contributed by atoms with E-state index in [0.29, 0.717) is 17.7 Å². The number of carbonyl (C=O) groups excluding carboxylic acids is 2. The van der Waals surface area contributed by atoms with Crippen LogP contribution in [0.5, 0.6) is 0 Å². The Kier molecular flexibility index (Phi) is 5.27. The van der Waals surface area contributed by atoms with Gasteiger partial charge >= 0.3 is 0 Å². The monoisotopic (exact) mass is 431 g/mol. The molecule has 6 heteroatoms. The molecule has 1 aliphatic rings. The molecule has 0 aliphatic carbocycles. The maximum absolute atomic E-state index is 12.7. The third-order valence-corrected chi connectivity index (χ3v) is 5.79. The molecule has 3 aromatic rings. The molecule has 3 aromatic carbocycles. The predicted molar refractivity (Wildman–Crippen MR) is 130 cm³/mol. The first kappa shape index (κ1) is 21.0. The second-order valence-corrected chi connectivity index (χ2v) is 9.05. The van der Waals surface area contributed by atoms with E-state index in [1.807, 2.05) is 61.5 Å². The largest absolute Gasteiger partial charge is 0.332 e. The van der Waals surface area contributed by atoms with E-state index in [1.54, 1.807) is 4.90 Å². The molecule has 0 saturated carbocycles. The molecule has 0 bridgehead atoms. The Balaban J connectivity index is 1.54. The van der Waals surface area contributed by atoms with Crippen LogP contribution in [0.4, 0.5) is 11.4 Å². The molecule has 4 rings (SSSR count). The highest BCUT2D eigenvalue weighted by molar-refractivity contribution is 7.80. The van der Waals surface area contributed by atoms with E-state index in [2.05, 4.69) is 31.4 Å². The lowest BCUT2D eigenvalue weighted by atomic mass is 9.87. The van der Waals surface area contributed by atoms with E-state index in [-0.39, 0.29) is 22.3 Å². The van der Waals surface area contributed by atoms with Gasteiger partial charge in [0.2, 0.25) is 0 Å². The van der Waals surface area contributed by atoms with Crippen LogP contribution in [0.3, 0.4) is 0 Å². The van der Waals surface area contributed by atoms with Crippen molar-refractivity contribution in [3.8, 4) is 0 Å². The van der Waals surface area contributed by atoms with Gasteiger partial charge in [-0.25, -0.2) is 0 Å². The molecule has 1 heterocycles. The van der Waals surface area contributed by atoms with Gasteiger partial charge in [0.1, 0.15) is 0 Å². The van der Waals surface area contributed by atoms with Crippen LogP contribution >= 0.6 is 12.2 Å². The molecule has 2 amide bonds. The Morgan fingerprint density at radius 1 is 1.03 bits per heavy atom. The third kappa shape index (κ3) is 3.79. The molecule has 1 aliphatic heterocycles. The Labute approximate surface area is 187 Å². The van der Waals surface area contributed by atoms with E-state index in [4.69, 9.17) is 12.2 Å². The molecule has 158 valence electrons. The van der Waals surface area contributed by atoms with Crippen molar-refractivity contribution in [3.63, 3.8) is 0 Å². The van der Waals surface area contributed by atoms with Gasteiger partial charge in [-0.3, -0.25) is 14.9 Å². The smallest absolute Gasteiger partial charge is 0.258 e. The summed E-state index contributed by atoms with van der Waals surface area (Å²) in [5.74, 6) is -0.258. The summed E-state index contributed by atoms with van der Waals surface area (Å²) in [5.41, 5.74) is 4.07. The molecule has 0 radical (unpaired) electrons. The van der Waals surface area contributed by atoms with E-state index >= 15 is 0 Å². The van der Waals surface area contributed by atoms with Crippen molar-refractivity contribution in [2.45, 2.75) is 33.1 Å². The fraction of sp³-hybridized carbons (Fsp3) is 0.240. The van der Waals surface area contributed by atoms with E-state index in [1.165, 1.54) is 0 Å². The zero-order valence-electron chi connectivity index (χ0n) is 18.1. The van der Waals surface area contributed by atoms with E-state index < -0.39 is 0 Å². The number of nitrogens with zero attached hydrogens (tertiary/aromatic N) is 1. The minimum absolute atomic E-state index is 0.00910. The Morgan fingerprint density at radius 2 is 1.74 bits per heavy atom. The highest BCUT2D eigenvalue weighted by atomic mass is 32.1. The summed E-state index contributed by atoms with van der Waals surface area (Å²) in [5, 5.41) is 7.88. The first-order valence-electron chi connectivity index (χ1n) is 10.3. The lowest BCUT2D eigenvalue weighted by molar-refractivity contribution is 0.0974. The molecule has 2 N–H and O–H groups in total. The van der Waals surface area contributed by atoms with Crippen LogP contribution in [0.1, 0.15) is 54.0 Å². The van der Waals surface area contributed by atoms with Crippen molar-refractivity contribution in [2.24, 2.45) is 0 Å². The van der Waals surface area contributed by atoms with Crippen LogP contribution in [0.2, 0.25) is 0 Å². The molecule has 0 spiro atoms. The second kappa shape index (κ2) is 7.78. The number of anilines is 2. The van der Waals surface area contributed by atoms with Gasteiger partial charge in [0.15, 0.2) is 5.11 Å². The molecule has 0 unspecified atom stereocenters. The lowest BCUT2D eigenvalue weighted by Crippen LogP contribution is -2.34. The average Bonchev–Trinajstić information content (AvgIpc) is 3.02. The van der Waals surface area contributed by atoms with E-state index in [9.17, 15) is 9.59 Å². The quantitative estimate of drug-likeness (QED) is 0.557. The van der Waals surface area contributed by atoms with Gasteiger partial charge in [0.05, 0.1) is 5.69 Å². The zero-order valence-corrected chi connectivity index (χ0v) is 18.9. The molecule has 0 atom stereocenters. The van der Waals surface area contributed by atoms with Crippen LogP contribution in [-0.4, -0.2) is 23.5 Å². The van der Waals surface area contributed by atoms with Gasteiger partial charge < -0.3 is 10.2 Å². The highest BCUT2D eigenvalue weighted by Gasteiger charge is 2.29. The van der Waals surface area contributed by atoms with Crippen molar-refractivity contribution in [1.82, 2.24) is 5.32 Å². The van der Waals surface area contributed by atoms with Gasteiger partial charge in [0, 0.05) is 34.1 Å². The Morgan fingerprint density at radius 3 is 2.39 bits per heavy atom. The Hall–Kier alpha value is -3.25. The molecule has 5 nitrogen and oxygen atoms in total. The number of carbonyl (C=O) groups is 2. The minimum atomic E-state index is -0.267. The van der Waals surface area contributed by atoms with Crippen molar-refractivity contribution in [2.75, 3.05) is 16.8 Å². The molecule has 0 saturated heterocycles. The zero-order chi connectivity index (χ0) is 22.3. The van der Waals surface area contributed by atoms with Crippen LogP contribution in [0, 0.1) is 0 Å². The maximum Gasteiger partial charge on any atom is 0.258 e. The minimum Gasteiger partial charge on any atom is -0.332 e. The number of amides is 2. The summed E-state index contributed by atoms with van der Waals surface area (Å²) in [6.07, 6.45) is 0. The first-order valence-corrected chi connectivity index (χ1v) is 10.7. The summed E-state index contributed by atoms with van der Waals surface area (Å²) in [6, 6.07) is 17.0. The molecular formula is C25H25N3O2S. The van der Waals surface area contributed by atoms with Crippen molar-refractivity contribution in [3.05, 3.63) is 71.3 Å². The summed E-state index contributed by atoms with van der Waals surface area (Å²) < 4.78 is 0. The average molecular weight is 432 g/mol. The fourth-order valence-electron chi connectivity index (χ4n) is 3.92. The number of rotatable bonds is 3. The maximum atomic E-state index is 12.7. The number of hydrogen-bond donors (Lipinski definition) is 2.